The topological polar surface area (TPSA) is 12.4 Å². The summed E-state index contributed by atoms with van der Waals surface area (Å²) in [6.07, 6.45) is 17.9. The maximum Gasteiger partial charge on any atom is 0.0425 e. The molecule has 0 spiro atoms. The second-order valence-corrected chi connectivity index (χ2v) is 13.7. The van der Waals surface area contributed by atoms with Gasteiger partial charge in [-0.2, -0.15) is 0 Å². The van der Waals surface area contributed by atoms with Crippen molar-refractivity contribution in [3.8, 4) is 0 Å². The minimum Gasteiger partial charge on any atom is -0.272 e. The van der Waals surface area contributed by atoms with Crippen molar-refractivity contribution in [3.05, 3.63) is 47.7 Å². The van der Waals surface area contributed by atoms with Crippen molar-refractivity contribution in [2.45, 2.75) is 88.0 Å². The monoisotopic (exact) mass is 467 g/mol. The summed E-state index contributed by atoms with van der Waals surface area (Å²) in [6.45, 7) is 24.0. The molecule has 172 valence electrons. The van der Waals surface area contributed by atoms with E-state index in [1.54, 1.807) is 0 Å². The van der Waals surface area contributed by atoms with Crippen molar-refractivity contribution < 1.29 is 21.7 Å². The van der Waals surface area contributed by atoms with Crippen LogP contribution >= 0.6 is 7.05 Å². The normalized spacial score (nSPS) is 13.9. The van der Waals surface area contributed by atoms with Crippen LogP contribution < -0.4 is 0 Å². The van der Waals surface area contributed by atoms with Gasteiger partial charge in [0.1, 0.15) is 0 Å². The van der Waals surface area contributed by atoms with Crippen LogP contribution in [0.4, 0.5) is 0 Å². The van der Waals surface area contributed by atoms with Crippen molar-refractivity contribution in [1.29, 1.82) is 0 Å². The molecule has 0 aromatic rings. The fourth-order valence-electron chi connectivity index (χ4n) is 3.01. The summed E-state index contributed by atoms with van der Waals surface area (Å²) in [7, 11) is -1.19. The molecule has 0 N–H and O–H groups in total. The molecule has 0 unspecified atom stereocenters. The van der Waals surface area contributed by atoms with Gasteiger partial charge < -0.3 is 0 Å². The first kappa shape index (κ1) is 32.1. The molecule has 1 nitrogen and oxygen atoms in total. The fraction of sp³-hybridized carbons (Fsp3) is 0.704. The first-order valence-electron chi connectivity index (χ1n) is 11.7. The molecular weight excluding hydrogens is 417 g/mol. The van der Waals surface area contributed by atoms with Gasteiger partial charge in [-0.25, -0.2) is 0 Å². The quantitative estimate of drug-likeness (QED) is 0.163. The molecule has 0 amide bonds. The molecule has 3 heteroatoms. The Kier molecular flexibility index (Phi) is 18.7. The van der Waals surface area contributed by atoms with Gasteiger partial charge in [0.15, 0.2) is 0 Å². The van der Waals surface area contributed by atoms with Crippen LogP contribution in [0, 0.1) is 17.8 Å². The maximum absolute atomic E-state index is 5.43. The maximum atomic E-state index is 5.43. The molecule has 0 saturated heterocycles. The summed E-state index contributed by atoms with van der Waals surface area (Å²) < 4.78 is 5.43. The summed E-state index contributed by atoms with van der Waals surface area (Å²) in [6, 6.07) is 0. The Bertz CT molecular complexity index is 583. The van der Waals surface area contributed by atoms with E-state index in [0.717, 1.165) is 29.7 Å². The van der Waals surface area contributed by atoms with Crippen LogP contribution in [0.5, 0.6) is 0 Å². The molecular formula is C27H50NPTi. The third kappa shape index (κ3) is 15.7. The average Bonchev–Trinajstić information content (AvgIpc) is 3.15. The summed E-state index contributed by atoms with van der Waals surface area (Å²) in [5.74, 6) is 2.38. The smallest absolute Gasteiger partial charge is 0.0425 e. The predicted octanol–water partition coefficient (Wildman–Crippen LogP) is 9.70. The minimum absolute atomic E-state index is 0. The van der Waals surface area contributed by atoms with Crippen molar-refractivity contribution in [1.82, 2.24) is 0 Å². The van der Waals surface area contributed by atoms with Gasteiger partial charge in [0.2, 0.25) is 0 Å². The third-order valence-corrected chi connectivity index (χ3v) is 9.52. The van der Waals surface area contributed by atoms with E-state index in [9.17, 15) is 0 Å². The molecule has 0 aliphatic heterocycles. The number of hydrogen-bond acceptors (Lipinski definition) is 1. The largest absolute Gasteiger partial charge is 0.272 e. The number of nitrogens with zero attached hydrogens (tertiary/aromatic N) is 1. The first-order valence-corrected chi connectivity index (χ1v) is 14.0. The molecule has 0 aromatic heterocycles. The van der Waals surface area contributed by atoms with Crippen molar-refractivity contribution in [2.75, 3.05) is 18.5 Å². The van der Waals surface area contributed by atoms with E-state index in [2.05, 4.69) is 79.3 Å². The molecule has 0 fully saturated rings. The van der Waals surface area contributed by atoms with Gasteiger partial charge in [-0.05, 0) is 89.4 Å². The summed E-state index contributed by atoms with van der Waals surface area (Å²) in [5, 5.41) is 0. The Morgan fingerprint density at radius 3 is 1.63 bits per heavy atom. The molecule has 0 radical (unpaired) electrons. The molecule has 1 aliphatic rings. The molecule has 0 heterocycles. The van der Waals surface area contributed by atoms with E-state index in [4.69, 9.17) is 4.74 Å². The minimum atomic E-state index is -1.19. The number of hydrogen-bond donors (Lipinski definition) is 0. The Morgan fingerprint density at radius 1 is 0.967 bits per heavy atom. The van der Waals surface area contributed by atoms with Gasteiger partial charge in [0, 0.05) is 33.8 Å². The molecule has 30 heavy (non-hydrogen) atoms. The first-order chi connectivity index (χ1) is 13.5. The molecule has 1 rings (SSSR count). The fourth-order valence-corrected chi connectivity index (χ4v) is 7.67. The molecule has 0 atom stereocenters. The van der Waals surface area contributed by atoms with Crippen LogP contribution in [0.15, 0.2) is 52.5 Å². The van der Waals surface area contributed by atoms with Crippen LogP contribution in [-0.2, 0) is 21.7 Å². The number of rotatable bonds is 11. The van der Waals surface area contributed by atoms with E-state index in [0.29, 0.717) is 0 Å². The zero-order valence-corrected chi connectivity index (χ0v) is 24.0. The third-order valence-electron chi connectivity index (χ3n) is 5.57. The Morgan fingerprint density at radius 2 is 1.40 bits per heavy atom. The second kappa shape index (κ2) is 17.5. The van der Waals surface area contributed by atoms with Crippen LogP contribution in [0.1, 0.15) is 88.0 Å². The average molecular weight is 468 g/mol. The second-order valence-electron chi connectivity index (χ2n) is 9.96. The van der Waals surface area contributed by atoms with Crippen LogP contribution in [0.3, 0.4) is 0 Å². The van der Waals surface area contributed by atoms with E-state index in [-0.39, 0.29) is 21.7 Å². The Labute approximate surface area is 204 Å². The van der Waals surface area contributed by atoms with E-state index >= 15 is 0 Å². The van der Waals surface area contributed by atoms with E-state index in [1.807, 2.05) is 13.8 Å². The van der Waals surface area contributed by atoms with Gasteiger partial charge in [-0.15, -0.1) is 0 Å². The molecule has 0 bridgehead atoms. The summed E-state index contributed by atoms with van der Waals surface area (Å²) in [5.41, 5.74) is 3.78. The number of allylic oxidation sites excluding steroid dienone is 6. The van der Waals surface area contributed by atoms with Crippen LogP contribution in [-0.4, -0.2) is 18.5 Å². The van der Waals surface area contributed by atoms with E-state index in [1.165, 1.54) is 49.0 Å². The van der Waals surface area contributed by atoms with Crippen LogP contribution in [0.2, 0.25) is 0 Å². The van der Waals surface area contributed by atoms with Gasteiger partial charge in [-0.3, -0.25) is 4.74 Å². The molecule has 0 aromatic carbocycles. The zero-order valence-electron chi connectivity index (χ0n) is 21.6. The van der Waals surface area contributed by atoms with Gasteiger partial charge in [0.25, 0.3) is 0 Å². The standard InChI is InChI=1S/C20H38NP.C7H12.Ti/c1-17(2)11-14-22(15-12-18(3)4,16-13-19(5)6)21-20-9-7-8-10-20;1-5-7(4)6(2)3;/h7-9,17-19H,10-16H2,1-6H3;5H,2H2,1,3-4H3;. The van der Waals surface area contributed by atoms with Gasteiger partial charge in [0.05, 0.1) is 0 Å². The van der Waals surface area contributed by atoms with Crippen molar-refractivity contribution in [3.63, 3.8) is 0 Å². The Balaban J connectivity index is 0. The summed E-state index contributed by atoms with van der Waals surface area (Å²) >= 11 is 0. The predicted molar refractivity (Wildman–Crippen MR) is 138 cm³/mol. The molecule has 1 aliphatic carbocycles. The SMILES string of the molecule is C=C(C)C(C)=CC.CC(C)CCP(CCC(C)C)(CCC(C)C)=NC1=CC=CC1.[Ti]. The van der Waals surface area contributed by atoms with Crippen molar-refractivity contribution >= 4 is 7.05 Å². The molecule has 0 saturated carbocycles. The van der Waals surface area contributed by atoms with Crippen LogP contribution in [0.25, 0.3) is 0 Å². The zero-order chi connectivity index (χ0) is 22.4. The Hall–Kier alpha value is -0.0957. The van der Waals surface area contributed by atoms with E-state index < -0.39 is 7.05 Å². The van der Waals surface area contributed by atoms with Gasteiger partial charge >= 0.3 is 0 Å². The van der Waals surface area contributed by atoms with Gasteiger partial charge in [-0.1, -0.05) is 77.5 Å². The van der Waals surface area contributed by atoms with Crippen molar-refractivity contribution in [2.24, 2.45) is 22.5 Å². The summed E-state index contributed by atoms with van der Waals surface area (Å²) in [4.78, 5) is 0.